The van der Waals surface area contributed by atoms with E-state index < -0.39 is 15.9 Å². The Bertz CT molecular complexity index is 1430. The molecular weight excluding hydrogens is 484 g/mol. The number of amides is 1. The van der Waals surface area contributed by atoms with Gasteiger partial charge in [0.1, 0.15) is 5.75 Å². The van der Waals surface area contributed by atoms with E-state index in [1.54, 1.807) is 37.3 Å². The van der Waals surface area contributed by atoms with E-state index in [9.17, 15) is 18.0 Å². The molecule has 0 radical (unpaired) electrons. The third-order valence-corrected chi connectivity index (χ3v) is 7.55. The van der Waals surface area contributed by atoms with Crippen LogP contribution in [0, 0.1) is 6.92 Å². The molecule has 1 aliphatic rings. The number of hydrogen-bond donors (Lipinski definition) is 1. The molecule has 0 saturated carbocycles. The van der Waals surface area contributed by atoms with Crippen molar-refractivity contribution in [1.82, 2.24) is 0 Å². The summed E-state index contributed by atoms with van der Waals surface area (Å²) in [6.45, 7) is 5.46. The lowest BCUT2D eigenvalue weighted by atomic mass is 10.1. The molecule has 0 aliphatic carbocycles. The zero-order chi connectivity index (χ0) is 26.0. The molecule has 1 N–H and O–H groups in total. The fourth-order valence-electron chi connectivity index (χ4n) is 3.75. The summed E-state index contributed by atoms with van der Waals surface area (Å²) >= 11 is 0. The van der Waals surface area contributed by atoms with Crippen molar-refractivity contribution in [3.8, 4) is 17.2 Å². The van der Waals surface area contributed by atoms with Gasteiger partial charge in [0.2, 0.25) is 6.79 Å². The number of nitrogens with one attached hydrogen (secondary N) is 1. The smallest absolute Gasteiger partial charge is 0.264 e. The van der Waals surface area contributed by atoms with Crippen molar-refractivity contribution in [3.05, 3.63) is 71.3 Å². The Balaban J connectivity index is 1.63. The van der Waals surface area contributed by atoms with E-state index in [0.29, 0.717) is 35.1 Å². The summed E-state index contributed by atoms with van der Waals surface area (Å²) in [5, 5.41) is 2.72. The SMILES string of the molecule is CCOc1ccc(N(C)S(=O)(=O)c2ccc(C)c(C(=O)Nc3cc4c(cc3C(C)=O)OCO4)c2)cc1. The Labute approximate surface area is 209 Å². The highest BCUT2D eigenvalue weighted by Crippen LogP contribution is 2.37. The molecule has 0 bridgehead atoms. The Morgan fingerprint density at radius 3 is 2.31 bits per heavy atom. The largest absolute Gasteiger partial charge is 0.494 e. The van der Waals surface area contributed by atoms with Crippen molar-refractivity contribution in [2.75, 3.05) is 30.1 Å². The molecule has 0 saturated heterocycles. The molecule has 9 nitrogen and oxygen atoms in total. The van der Waals surface area contributed by atoms with Gasteiger partial charge in [-0.2, -0.15) is 0 Å². The Morgan fingerprint density at radius 1 is 1.00 bits per heavy atom. The Kier molecular flexibility index (Phi) is 6.89. The van der Waals surface area contributed by atoms with E-state index in [1.807, 2.05) is 6.92 Å². The second-order valence-electron chi connectivity index (χ2n) is 8.14. The quantitative estimate of drug-likeness (QED) is 0.447. The van der Waals surface area contributed by atoms with Crippen molar-refractivity contribution >= 4 is 33.1 Å². The maximum absolute atomic E-state index is 13.3. The van der Waals surface area contributed by atoms with Crippen molar-refractivity contribution in [1.29, 1.82) is 0 Å². The lowest BCUT2D eigenvalue weighted by Crippen LogP contribution is -2.27. The molecule has 0 unspecified atom stereocenters. The first-order valence-corrected chi connectivity index (χ1v) is 12.6. The number of benzene rings is 3. The number of hydrogen-bond acceptors (Lipinski definition) is 7. The number of anilines is 2. The third kappa shape index (κ3) is 4.85. The fraction of sp³-hybridized carbons (Fsp3) is 0.231. The summed E-state index contributed by atoms with van der Waals surface area (Å²) in [6.07, 6.45) is 0. The third-order valence-electron chi connectivity index (χ3n) is 5.76. The standard InChI is InChI=1S/C26H26N2O7S/c1-5-33-19-9-7-18(8-10-19)28(4)36(31,32)20-11-6-16(2)21(12-20)26(30)27-23-14-25-24(34-15-35-25)13-22(23)17(3)29/h6-14H,5,15H2,1-4H3,(H,27,30). The van der Waals surface area contributed by atoms with Gasteiger partial charge in [-0.05, 0) is 68.8 Å². The molecule has 188 valence electrons. The van der Waals surface area contributed by atoms with E-state index in [2.05, 4.69) is 5.32 Å². The van der Waals surface area contributed by atoms with Gasteiger partial charge in [-0.3, -0.25) is 13.9 Å². The summed E-state index contributed by atoms with van der Waals surface area (Å²) in [5.74, 6) is 0.623. The van der Waals surface area contributed by atoms with Crippen LogP contribution in [-0.2, 0) is 10.0 Å². The Hall–Kier alpha value is -4.05. The van der Waals surface area contributed by atoms with Gasteiger partial charge in [-0.25, -0.2) is 8.42 Å². The number of ketones is 1. The van der Waals surface area contributed by atoms with Gasteiger partial charge in [0, 0.05) is 24.2 Å². The highest BCUT2D eigenvalue weighted by atomic mass is 32.2. The predicted molar refractivity (Wildman–Crippen MR) is 135 cm³/mol. The molecule has 0 spiro atoms. The summed E-state index contributed by atoms with van der Waals surface area (Å²) in [6, 6.07) is 14.1. The molecule has 1 heterocycles. The fourth-order valence-corrected chi connectivity index (χ4v) is 4.97. The van der Waals surface area contributed by atoms with E-state index in [-0.39, 0.29) is 34.3 Å². The minimum atomic E-state index is -3.97. The number of ether oxygens (including phenoxy) is 3. The van der Waals surface area contributed by atoms with Crippen LogP contribution in [0.5, 0.6) is 17.2 Å². The van der Waals surface area contributed by atoms with E-state index >= 15 is 0 Å². The average molecular weight is 511 g/mol. The van der Waals surface area contributed by atoms with Gasteiger partial charge in [-0.1, -0.05) is 6.07 Å². The van der Waals surface area contributed by atoms with Crippen LogP contribution in [0.1, 0.15) is 40.1 Å². The van der Waals surface area contributed by atoms with Crippen LogP contribution in [0.15, 0.2) is 59.5 Å². The lowest BCUT2D eigenvalue weighted by molar-refractivity contribution is 0.101. The summed E-state index contributed by atoms with van der Waals surface area (Å²) in [4.78, 5) is 25.3. The maximum Gasteiger partial charge on any atom is 0.264 e. The predicted octanol–water partition coefficient (Wildman–Crippen LogP) is 4.40. The van der Waals surface area contributed by atoms with Gasteiger partial charge >= 0.3 is 0 Å². The number of aryl methyl sites for hydroxylation is 1. The molecule has 36 heavy (non-hydrogen) atoms. The van der Waals surface area contributed by atoms with Gasteiger partial charge < -0.3 is 19.5 Å². The first-order valence-electron chi connectivity index (χ1n) is 11.2. The van der Waals surface area contributed by atoms with Crippen LogP contribution < -0.4 is 23.8 Å². The molecule has 0 atom stereocenters. The number of sulfonamides is 1. The molecule has 0 aromatic heterocycles. The number of Topliss-reactive ketones (excluding diaryl/α,β-unsaturated/α-hetero) is 1. The first kappa shape index (κ1) is 25.1. The molecule has 3 aromatic rings. The van der Waals surface area contributed by atoms with Crippen molar-refractivity contribution < 1.29 is 32.2 Å². The topological polar surface area (TPSA) is 111 Å². The van der Waals surface area contributed by atoms with Crippen LogP contribution >= 0.6 is 0 Å². The van der Waals surface area contributed by atoms with Gasteiger partial charge in [0.05, 0.1) is 22.9 Å². The van der Waals surface area contributed by atoms with Crippen molar-refractivity contribution in [3.63, 3.8) is 0 Å². The zero-order valence-corrected chi connectivity index (χ0v) is 21.1. The van der Waals surface area contributed by atoms with Gasteiger partial charge in [-0.15, -0.1) is 0 Å². The molecular formula is C26H26N2O7S. The highest BCUT2D eigenvalue weighted by Gasteiger charge is 2.25. The zero-order valence-electron chi connectivity index (χ0n) is 20.3. The van der Waals surface area contributed by atoms with E-state index in [0.717, 1.165) is 4.31 Å². The normalized spacial score (nSPS) is 12.2. The number of nitrogens with zero attached hydrogens (tertiary/aromatic N) is 1. The first-order chi connectivity index (χ1) is 17.1. The number of rotatable bonds is 8. The number of fused-ring (bicyclic) bond motifs is 1. The van der Waals surface area contributed by atoms with E-state index in [1.165, 1.54) is 38.2 Å². The second-order valence-corrected chi connectivity index (χ2v) is 10.1. The summed E-state index contributed by atoms with van der Waals surface area (Å²) in [5.41, 5.74) is 1.67. The minimum absolute atomic E-state index is 0.0188. The minimum Gasteiger partial charge on any atom is -0.494 e. The molecule has 1 aliphatic heterocycles. The van der Waals surface area contributed by atoms with Gasteiger partial charge in [0.25, 0.3) is 15.9 Å². The average Bonchev–Trinajstić information content (AvgIpc) is 3.31. The summed E-state index contributed by atoms with van der Waals surface area (Å²) in [7, 11) is -2.53. The molecule has 1 amide bonds. The monoisotopic (exact) mass is 510 g/mol. The highest BCUT2D eigenvalue weighted by molar-refractivity contribution is 7.92. The maximum atomic E-state index is 13.3. The van der Waals surface area contributed by atoms with Crippen LogP contribution in [0.25, 0.3) is 0 Å². The van der Waals surface area contributed by atoms with E-state index in [4.69, 9.17) is 14.2 Å². The second kappa shape index (κ2) is 9.90. The van der Waals surface area contributed by atoms with Crippen molar-refractivity contribution in [2.45, 2.75) is 25.7 Å². The molecule has 4 rings (SSSR count). The summed E-state index contributed by atoms with van der Waals surface area (Å²) < 4.78 is 43.9. The molecule has 0 fully saturated rings. The number of carbonyl (C=O) groups is 2. The lowest BCUT2D eigenvalue weighted by Gasteiger charge is -2.20. The van der Waals surface area contributed by atoms with Gasteiger partial charge in [0.15, 0.2) is 17.3 Å². The Morgan fingerprint density at radius 2 is 1.67 bits per heavy atom. The van der Waals surface area contributed by atoms with Crippen LogP contribution in [0.2, 0.25) is 0 Å². The van der Waals surface area contributed by atoms with Crippen LogP contribution in [0.4, 0.5) is 11.4 Å². The molecule has 10 heteroatoms. The van der Waals surface area contributed by atoms with Crippen LogP contribution in [0.3, 0.4) is 0 Å². The number of carbonyl (C=O) groups excluding carboxylic acids is 2. The molecule has 3 aromatic carbocycles. The van der Waals surface area contributed by atoms with Crippen LogP contribution in [-0.4, -0.2) is 40.6 Å². The van der Waals surface area contributed by atoms with Crippen molar-refractivity contribution in [2.24, 2.45) is 0 Å².